The topological polar surface area (TPSA) is 24.5 Å². The zero-order chi connectivity index (χ0) is 15.1. The van der Waals surface area contributed by atoms with E-state index >= 15 is 0 Å². The molecule has 1 aliphatic heterocycles. The van der Waals surface area contributed by atoms with E-state index in [4.69, 9.17) is 4.74 Å². The maximum atomic E-state index is 5.87. The molecule has 0 radical (unpaired) electrons. The number of hydrogen-bond acceptors (Lipinski definition) is 3. The van der Waals surface area contributed by atoms with Crippen molar-refractivity contribution in [2.75, 3.05) is 32.8 Å². The van der Waals surface area contributed by atoms with Crippen LogP contribution >= 0.6 is 0 Å². The van der Waals surface area contributed by atoms with Gasteiger partial charge in [-0.3, -0.25) is 4.90 Å². The molecule has 1 heterocycles. The fourth-order valence-corrected chi connectivity index (χ4v) is 2.91. The molecule has 21 heavy (non-hydrogen) atoms. The highest BCUT2D eigenvalue weighted by Gasteiger charge is 2.26. The Balaban J connectivity index is 1.97. The van der Waals surface area contributed by atoms with Crippen LogP contribution < -0.4 is 10.1 Å². The van der Waals surface area contributed by atoms with E-state index in [0.717, 1.165) is 45.1 Å². The summed E-state index contributed by atoms with van der Waals surface area (Å²) in [5.41, 5.74) is 1.64. The summed E-state index contributed by atoms with van der Waals surface area (Å²) in [6.07, 6.45) is 2.40. The molecular weight excluding hydrogens is 260 g/mol. The summed E-state index contributed by atoms with van der Waals surface area (Å²) >= 11 is 0. The number of ether oxygens (including phenoxy) is 1. The quantitative estimate of drug-likeness (QED) is 0.780. The van der Waals surface area contributed by atoms with Crippen molar-refractivity contribution in [3.05, 3.63) is 29.8 Å². The fraction of sp³-hybridized carbons (Fsp3) is 0.667. The Kier molecular flexibility index (Phi) is 6.07. The van der Waals surface area contributed by atoms with Crippen molar-refractivity contribution in [2.24, 2.45) is 5.41 Å². The summed E-state index contributed by atoms with van der Waals surface area (Å²) in [5, 5.41) is 3.59. The van der Waals surface area contributed by atoms with Crippen molar-refractivity contribution in [2.45, 2.75) is 40.2 Å². The van der Waals surface area contributed by atoms with Gasteiger partial charge in [0.2, 0.25) is 0 Å². The zero-order valence-corrected chi connectivity index (χ0v) is 13.8. The molecule has 0 saturated heterocycles. The van der Waals surface area contributed by atoms with Crippen molar-refractivity contribution in [3.63, 3.8) is 0 Å². The number of hydrogen-bond donors (Lipinski definition) is 1. The van der Waals surface area contributed by atoms with Gasteiger partial charge >= 0.3 is 0 Å². The number of rotatable bonds is 7. The number of benzene rings is 1. The van der Waals surface area contributed by atoms with Gasteiger partial charge in [-0.2, -0.15) is 0 Å². The number of fused-ring (bicyclic) bond motifs is 1. The van der Waals surface area contributed by atoms with Crippen LogP contribution in [0.15, 0.2) is 24.3 Å². The van der Waals surface area contributed by atoms with Gasteiger partial charge in [0.1, 0.15) is 12.4 Å². The van der Waals surface area contributed by atoms with E-state index in [1.54, 1.807) is 0 Å². The lowest BCUT2D eigenvalue weighted by Gasteiger charge is -2.34. The third-order valence-corrected chi connectivity index (χ3v) is 4.47. The van der Waals surface area contributed by atoms with E-state index < -0.39 is 0 Å². The average Bonchev–Trinajstić information content (AvgIpc) is 2.69. The molecule has 2 rings (SSSR count). The molecule has 118 valence electrons. The zero-order valence-electron chi connectivity index (χ0n) is 13.8. The predicted molar refractivity (Wildman–Crippen MR) is 88.8 cm³/mol. The fourth-order valence-electron chi connectivity index (χ4n) is 2.91. The van der Waals surface area contributed by atoms with Gasteiger partial charge in [0.15, 0.2) is 0 Å². The van der Waals surface area contributed by atoms with Crippen molar-refractivity contribution in [1.29, 1.82) is 0 Å². The summed E-state index contributed by atoms with van der Waals surface area (Å²) in [5.74, 6) is 1.06. The van der Waals surface area contributed by atoms with Crippen LogP contribution in [0.5, 0.6) is 5.75 Å². The SMILES string of the molecule is CCCNCC(C)(CC)CN1CCOc2ccccc2C1. The molecule has 0 saturated carbocycles. The third kappa shape index (κ3) is 4.72. The van der Waals surface area contributed by atoms with Gasteiger partial charge in [0.25, 0.3) is 0 Å². The van der Waals surface area contributed by atoms with Gasteiger partial charge in [0, 0.05) is 31.7 Å². The van der Waals surface area contributed by atoms with Crippen LogP contribution in [-0.4, -0.2) is 37.7 Å². The Morgan fingerprint density at radius 3 is 2.86 bits per heavy atom. The van der Waals surface area contributed by atoms with Crippen LogP contribution in [0.3, 0.4) is 0 Å². The van der Waals surface area contributed by atoms with Gasteiger partial charge in [0.05, 0.1) is 0 Å². The van der Waals surface area contributed by atoms with Crippen LogP contribution in [0.4, 0.5) is 0 Å². The smallest absolute Gasteiger partial charge is 0.123 e. The molecule has 0 aromatic heterocycles. The number of nitrogens with one attached hydrogen (secondary N) is 1. The Labute approximate surface area is 129 Å². The molecule has 0 bridgehead atoms. The van der Waals surface area contributed by atoms with Crippen LogP contribution in [0.2, 0.25) is 0 Å². The Morgan fingerprint density at radius 1 is 1.29 bits per heavy atom. The first-order valence-electron chi connectivity index (χ1n) is 8.30. The van der Waals surface area contributed by atoms with Crippen molar-refractivity contribution in [3.8, 4) is 5.75 Å². The van der Waals surface area contributed by atoms with Crippen molar-refractivity contribution >= 4 is 0 Å². The molecule has 1 aromatic carbocycles. The number of para-hydroxylation sites is 1. The molecule has 0 spiro atoms. The summed E-state index contributed by atoms with van der Waals surface area (Å²) in [7, 11) is 0. The van der Waals surface area contributed by atoms with Crippen molar-refractivity contribution < 1.29 is 4.74 Å². The lowest BCUT2D eigenvalue weighted by Crippen LogP contribution is -2.42. The van der Waals surface area contributed by atoms with E-state index in [-0.39, 0.29) is 0 Å². The van der Waals surface area contributed by atoms with Crippen LogP contribution in [0.25, 0.3) is 0 Å². The first-order chi connectivity index (χ1) is 10.2. The van der Waals surface area contributed by atoms with Gasteiger partial charge in [-0.25, -0.2) is 0 Å². The Morgan fingerprint density at radius 2 is 2.10 bits per heavy atom. The van der Waals surface area contributed by atoms with Gasteiger partial charge in [-0.15, -0.1) is 0 Å². The first kappa shape index (κ1) is 16.3. The summed E-state index contributed by atoms with van der Waals surface area (Å²) in [4.78, 5) is 2.54. The lowest BCUT2D eigenvalue weighted by atomic mass is 9.86. The van der Waals surface area contributed by atoms with Gasteiger partial charge in [-0.1, -0.05) is 39.0 Å². The van der Waals surface area contributed by atoms with Crippen LogP contribution in [0, 0.1) is 5.41 Å². The molecule has 1 aromatic rings. The second-order valence-corrected chi connectivity index (χ2v) is 6.51. The Hall–Kier alpha value is -1.06. The van der Waals surface area contributed by atoms with Crippen LogP contribution in [-0.2, 0) is 6.54 Å². The molecule has 0 amide bonds. The first-order valence-corrected chi connectivity index (χ1v) is 8.30. The summed E-state index contributed by atoms with van der Waals surface area (Å²) < 4.78 is 5.87. The average molecular weight is 290 g/mol. The molecule has 1 unspecified atom stereocenters. The summed E-state index contributed by atoms with van der Waals surface area (Å²) in [6.45, 7) is 13.1. The normalized spacial score (nSPS) is 18.4. The lowest BCUT2D eigenvalue weighted by molar-refractivity contribution is 0.140. The molecule has 1 N–H and O–H groups in total. The highest BCUT2D eigenvalue weighted by molar-refractivity contribution is 5.33. The minimum Gasteiger partial charge on any atom is -0.492 e. The minimum absolute atomic E-state index is 0.328. The molecule has 0 aliphatic carbocycles. The molecule has 3 nitrogen and oxygen atoms in total. The maximum Gasteiger partial charge on any atom is 0.123 e. The van der Waals surface area contributed by atoms with E-state index in [1.807, 2.05) is 0 Å². The maximum absolute atomic E-state index is 5.87. The highest BCUT2D eigenvalue weighted by Crippen LogP contribution is 2.27. The van der Waals surface area contributed by atoms with E-state index in [9.17, 15) is 0 Å². The van der Waals surface area contributed by atoms with E-state index in [0.29, 0.717) is 5.41 Å². The second-order valence-electron chi connectivity index (χ2n) is 6.51. The molecule has 0 fully saturated rings. The van der Waals surface area contributed by atoms with E-state index in [2.05, 4.69) is 55.3 Å². The predicted octanol–water partition coefficient (Wildman–Crippen LogP) is 3.30. The standard InChI is InChI=1S/C18H30N2O/c1-4-10-19-14-18(3,5-2)15-20-11-12-21-17-9-7-6-8-16(17)13-20/h6-9,19H,4-5,10-15H2,1-3H3. The third-order valence-electron chi connectivity index (χ3n) is 4.47. The molecule has 1 aliphatic rings. The van der Waals surface area contributed by atoms with Crippen LogP contribution in [0.1, 0.15) is 39.2 Å². The number of nitrogens with zero attached hydrogens (tertiary/aromatic N) is 1. The minimum atomic E-state index is 0.328. The highest BCUT2D eigenvalue weighted by atomic mass is 16.5. The largest absolute Gasteiger partial charge is 0.492 e. The molecule has 1 atom stereocenters. The Bertz CT molecular complexity index is 435. The summed E-state index contributed by atoms with van der Waals surface area (Å²) in [6, 6.07) is 8.43. The monoisotopic (exact) mass is 290 g/mol. The molecular formula is C18H30N2O. The second kappa shape index (κ2) is 7.81. The van der Waals surface area contributed by atoms with Gasteiger partial charge in [-0.05, 0) is 30.9 Å². The van der Waals surface area contributed by atoms with Gasteiger partial charge < -0.3 is 10.1 Å². The van der Waals surface area contributed by atoms with Crippen molar-refractivity contribution in [1.82, 2.24) is 10.2 Å². The van der Waals surface area contributed by atoms with E-state index in [1.165, 1.54) is 18.4 Å². The molecule has 3 heteroatoms.